The highest BCUT2D eigenvalue weighted by molar-refractivity contribution is 5.97. The first-order valence-electron chi connectivity index (χ1n) is 10.1. The number of methoxy groups -OCH3 is 1. The Labute approximate surface area is 166 Å². The zero-order chi connectivity index (χ0) is 20.4. The maximum absolute atomic E-state index is 15.3. The molecule has 1 aliphatic heterocycles. The number of hydrogen-bond donors (Lipinski definition) is 2. The van der Waals surface area contributed by atoms with Crippen LogP contribution in [0.5, 0.6) is 5.75 Å². The lowest BCUT2D eigenvalue weighted by molar-refractivity contribution is 0.0695. The normalized spacial score (nSPS) is 26.2. The number of carboxylic acid groups (broad SMARTS) is 1. The summed E-state index contributed by atoms with van der Waals surface area (Å²) in [6.45, 7) is 1.36. The van der Waals surface area contributed by atoms with E-state index in [1.807, 2.05) is 4.90 Å². The molecule has 5 rings (SSSR count). The second-order valence-electron chi connectivity index (χ2n) is 8.51. The monoisotopic (exact) mass is 401 g/mol. The Hall–Kier alpha value is -2.61. The van der Waals surface area contributed by atoms with Gasteiger partial charge in [0.2, 0.25) is 5.43 Å². The van der Waals surface area contributed by atoms with Crippen molar-refractivity contribution in [3.63, 3.8) is 0 Å². The highest BCUT2D eigenvalue weighted by Crippen LogP contribution is 2.46. The number of halogens is 1. The molecule has 0 amide bonds. The third kappa shape index (κ3) is 2.73. The predicted molar refractivity (Wildman–Crippen MR) is 106 cm³/mol. The van der Waals surface area contributed by atoms with Crippen molar-refractivity contribution < 1.29 is 19.0 Å². The summed E-state index contributed by atoms with van der Waals surface area (Å²) in [5.41, 5.74) is 5.94. The highest BCUT2D eigenvalue weighted by Gasteiger charge is 2.43. The van der Waals surface area contributed by atoms with Gasteiger partial charge in [-0.25, -0.2) is 9.18 Å². The fraction of sp³-hybridized carbons (Fsp3) is 0.524. The van der Waals surface area contributed by atoms with Gasteiger partial charge in [0.05, 0.1) is 18.0 Å². The van der Waals surface area contributed by atoms with Gasteiger partial charge in [-0.2, -0.15) is 0 Å². The SMILES string of the molecule is COc1c(N2CCC3CC(N)C3C2)c(F)cc2c(=O)c(C(=O)O)cn(C3CC3)c12. The Bertz CT molecular complexity index is 1080. The number of piperidine rings is 1. The number of rotatable bonds is 4. The van der Waals surface area contributed by atoms with Gasteiger partial charge in [0.1, 0.15) is 11.3 Å². The van der Waals surface area contributed by atoms with Crippen molar-refractivity contribution in [2.24, 2.45) is 17.6 Å². The van der Waals surface area contributed by atoms with Gasteiger partial charge in [-0.3, -0.25) is 4.79 Å². The van der Waals surface area contributed by atoms with Crippen LogP contribution < -0.4 is 20.8 Å². The van der Waals surface area contributed by atoms with Crippen LogP contribution in [0.4, 0.5) is 10.1 Å². The van der Waals surface area contributed by atoms with E-state index < -0.39 is 17.2 Å². The number of nitrogens with zero attached hydrogens (tertiary/aromatic N) is 2. The Morgan fingerprint density at radius 3 is 2.72 bits per heavy atom. The number of carboxylic acids is 1. The molecule has 8 heteroatoms. The van der Waals surface area contributed by atoms with Crippen LogP contribution in [0.15, 0.2) is 17.1 Å². The van der Waals surface area contributed by atoms with Crippen LogP contribution in [0, 0.1) is 17.7 Å². The van der Waals surface area contributed by atoms with Gasteiger partial charge in [-0.1, -0.05) is 0 Å². The quantitative estimate of drug-likeness (QED) is 0.816. The number of hydrogen-bond acceptors (Lipinski definition) is 5. The molecule has 1 aromatic carbocycles. The van der Waals surface area contributed by atoms with Crippen LogP contribution in [-0.2, 0) is 0 Å². The number of aromatic nitrogens is 1. The van der Waals surface area contributed by atoms with E-state index in [1.54, 1.807) is 4.57 Å². The minimum Gasteiger partial charge on any atom is -0.492 e. The fourth-order valence-corrected chi connectivity index (χ4v) is 5.06. The third-order valence-electron chi connectivity index (χ3n) is 6.82. The minimum atomic E-state index is -1.31. The minimum absolute atomic E-state index is 0.0464. The standard InChI is InChI=1S/C21H24FN3O4/c1-29-20-17-12(19(26)14(21(27)28)9-25(17)11-2-3-11)7-15(22)18(20)24-5-4-10-6-16(23)13(10)8-24/h7,9-11,13,16H,2-6,8,23H2,1H3,(H,27,28). The second-order valence-corrected chi connectivity index (χ2v) is 8.51. The number of fused-ring (bicyclic) bond motifs is 2. The molecule has 1 saturated heterocycles. The number of anilines is 1. The van der Waals surface area contributed by atoms with Crippen molar-refractivity contribution in [1.29, 1.82) is 0 Å². The van der Waals surface area contributed by atoms with Crippen LogP contribution >= 0.6 is 0 Å². The molecule has 29 heavy (non-hydrogen) atoms. The van der Waals surface area contributed by atoms with Crippen LogP contribution in [0.3, 0.4) is 0 Å². The van der Waals surface area contributed by atoms with Crippen molar-refractivity contribution in [2.45, 2.75) is 37.8 Å². The van der Waals surface area contributed by atoms with E-state index in [0.29, 0.717) is 41.9 Å². The Kier molecular flexibility index (Phi) is 4.10. The van der Waals surface area contributed by atoms with Gasteiger partial charge in [0, 0.05) is 31.4 Å². The molecular formula is C21H24FN3O4. The molecule has 0 radical (unpaired) electrons. The average molecular weight is 401 g/mol. The first kappa shape index (κ1) is 18.4. The summed E-state index contributed by atoms with van der Waals surface area (Å²) in [6.07, 6.45) is 5.12. The zero-order valence-corrected chi connectivity index (χ0v) is 16.2. The summed E-state index contributed by atoms with van der Waals surface area (Å²) < 4.78 is 22.7. The van der Waals surface area contributed by atoms with E-state index in [0.717, 1.165) is 25.7 Å². The van der Waals surface area contributed by atoms with Crippen molar-refractivity contribution in [3.05, 3.63) is 33.9 Å². The molecule has 0 spiro atoms. The van der Waals surface area contributed by atoms with Crippen molar-refractivity contribution in [1.82, 2.24) is 4.57 Å². The highest BCUT2D eigenvalue weighted by atomic mass is 19.1. The summed E-state index contributed by atoms with van der Waals surface area (Å²) in [7, 11) is 1.46. The molecule has 3 fully saturated rings. The lowest BCUT2D eigenvalue weighted by Gasteiger charge is -2.50. The molecular weight excluding hydrogens is 377 g/mol. The van der Waals surface area contributed by atoms with E-state index in [2.05, 4.69) is 0 Å². The van der Waals surface area contributed by atoms with Gasteiger partial charge >= 0.3 is 5.97 Å². The topological polar surface area (TPSA) is 97.8 Å². The van der Waals surface area contributed by atoms with Gasteiger partial charge in [0.15, 0.2) is 11.6 Å². The van der Waals surface area contributed by atoms with Gasteiger partial charge in [0.25, 0.3) is 0 Å². The first-order chi connectivity index (χ1) is 13.9. The molecule has 3 atom stereocenters. The van der Waals surface area contributed by atoms with Gasteiger partial charge in [-0.05, 0) is 43.6 Å². The van der Waals surface area contributed by atoms with E-state index >= 15 is 4.39 Å². The van der Waals surface area contributed by atoms with Crippen molar-refractivity contribution in [3.8, 4) is 5.75 Å². The summed E-state index contributed by atoms with van der Waals surface area (Å²) in [4.78, 5) is 26.3. The summed E-state index contributed by atoms with van der Waals surface area (Å²) >= 11 is 0. The van der Waals surface area contributed by atoms with E-state index in [-0.39, 0.29) is 23.0 Å². The average Bonchev–Trinajstić information content (AvgIpc) is 3.52. The molecule has 2 saturated carbocycles. The summed E-state index contributed by atoms with van der Waals surface area (Å²) in [6, 6.07) is 1.41. The van der Waals surface area contributed by atoms with E-state index in [9.17, 15) is 14.7 Å². The number of nitrogens with two attached hydrogens (primary N) is 1. The Balaban J connectivity index is 1.73. The van der Waals surface area contributed by atoms with Crippen molar-refractivity contribution >= 4 is 22.6 Å². The number of ether oxygens (including phenoxy) is 1. The molecule has 1 aromatic heterocycles. The second kappa shape index (κ2) is 6.45. The van der Waals surface area contributed by atoms with Crippen molar-refractivity contribution in [2.75, 3.05) is 25.1 Å². The van der Waals surface area contributed by atoms with Crippen LogP contribution in [0.1, 0.15) is 42.1 Å². The zero-order valence-electron chi connectivity index (χ0n) is 16.2. The van der Waals surface area contributed by atoms with Gasteiger partial charge < -0.3 is 25.0 Å². The Morgan fingerprint density at radius 2 is 2.10 bits per heavy atom. The number of benzene rings is 1. The molecule has 3 unspecified atom stereocenters. The molecule has 2 aromatic rings. The van der Waals surface area contributed by atoms with Crippen LogP contribution in [0.25, 0.3) is 10.9 Å². The van der Waals surface area contributed by atoms with Crippen LogP contribution in [0.2, 0.25) is 0 Å². The lowest BCUT2D eigenvalue weighted by Crippen LogP contribution is -2.57. The largest absolute Gasteiger partial charge is 0.492 e. The van der Waals surface area contributed by atoms with Gasteiger partial charge in [-0.15, -0.1) is 0 Å². The maximum Gasteiger partial charge on any atom is 0.341 e. The maximum atomic E-state index is 15.3. The Morgan fingerprint density at radius 1 is 1.34 bits per heavy atom. The van der Waals surface area contributed by atoms with Crippen LogP contribution in [-0.4, -0.2) is 41.9 Å². The summed E-state index contributed by atoms with van der Waals surface area (Å²) in [5, 5.41) is 9.48. The van der Waals surface area contributed by atoms with E-state index in [1.165, 1.54) is 19.4 Å². The predicted octanol–water partition coefficient (Wildman–Crippen LogP) is 2.36. The first-order valence-corrected chi connectivity index (χ1v) is 10.1. The summed E-state index contributed by atoms with van der Waals surface area (Å²) in [5.74, 6) is -0.646. The molecule has 154 valence electrons. The number of pyridine rings is 1. The third-order valence-corrected chi connectivity index (χ3v) is 6.82. The number of carbonyl (C=O) groups is 1. The molecule has 2 heterocycles. The fourth-order valence-electron chi connectivity index (χ4n) is 5.06. The number of aromatic carboxylic acids is 1. The molecule has 0 bridgehead atoms. The smallest absolute Gasteiger partial charge is 0.341 e. The molecule has 3 N–H and O–H groups in total. The van der Waals surface area contributed by atoms with E-state index in [4.69, 9.17) is 10.5 Å². The molecule has 3 aliphatic rings. The lowest BCUT2D eigenvalue weighted by atomic mass is 9.66. The molecule has 2 aliphatic carbocycles. The molecule has 7 nitrogen and oxygen atoms in total.